The van der Waals surface area contributed by atoms with Crippen LogP contribution in [0.3, 0.4) is 0 Å². The summed E-state index contributed by atoms with van der Waals surface area (Å²) in [5.41, 5.74) is 0. The quantitative estimate of drug-likeness (QED) is 0.586. The van der Waals surface area contributed by atoms with Gasteiger partial charge < -0.3 is 5.11 Å². The van der Waals surface area contributed by atoms with E-state index in [1.54, 1.807) is 19.9 Å². The molecule has 0 aromatic carbocycles. The molecule has 1 aliphatic carbocycles. The zero-order valence-corrected chi connectivity index (χ0v) is 10.2. The minimum absolute atomic E-state index is 0.135. The van der Waals surface area contributed by atoms with Crippen molar-refractivity contribution >= 4 is 5.78 Å². The maximum atomic E-state index is 10.8. The minimum atomic E-state index is -0.338. The topological polar surface area (TPSA) is 37.3 Å². The van der Waals surface area contributed by atoms with Crippen LogP contribution in [0.25, 0.3) is 0 Å². The summed E-state index contributed by atoms with van der Waals surface area (Å²) in [6, 6.07) is 0. The first-order chi connectivity index (χ1) is 7.58. The van der Waals surface area contributed by atoms with Gasteiger partial charge >= 0.3 is 0 Å². The molecule has 1 fully saturated rings. The Balaban J connectivity index is 2.31. The Morgan fingerprint density at radius 3 is 2.12 bits per heavy atom. The first-order valence-electron chi connectivity index (χ1n) is 6.13. The molecule has 2 nitrogen and oxygen atoms in total. The Morgan fingerprint density at radius 1 is 1.19 bits per heavy atom. The van der Waals surface area contributed by atoms with E-state index in [0.717, 1.165) is 25.7 Å². The van der Waals surface area contributed by atoms with Crippen molar-refractivity contribution in [3.05, 3.63) is 24.3 Å². The second-order valence-corrected chi connectivity index (χ2v) is 4.77. The molecule has 0 aliphatic heterocycles. The lowest BCUT2D eigenvalue weighted by Gasteiger charge is -2.24. The van der Waals surface area contributed by atoms with Gasteiger partial charge in [-0.15, -0.1) is 0 Å². The van der Waals surface area contributed by atoms with Gasteiger partial charge in [-0.1, -0.05) is 18.2 Å². The van der Waals surface area contributed by atoms with E-state index in [9.17, 15) is 4.79 Å². The molecule has 0 spiro atoms. The molecule has 16 heavy (non-hydrogen) atoms. The summed E-state index contributed by atoms with van der Waals surface area (Å²) in [6.45, 7) is 3.37. The average Bonchev–Trinajstić information content (AvgIpc) is 2.25. The van der Waals surface area contributed by atoms with Crippen molar-refractivity contribution in [3.63, 3.8) is 0 Å². The van der Waals surface area contributed by atoms with E-state index >= 15 is 0 Å². The van der Waals surface area contributed by atoms with E-state index in [-0.39, 0.29) is 11.9 Å². The summed E-state index contributed by atoms with van der Waals surface area (Å²) >= 11 is 0. The second kappa shape index (κ2) is 6.64. The molecule has 90 valence electrons. The van der Waals surface area contributed by atoms with Gasteiger partial charge in [0.2, 0.25) is 0 Å². The van der Waals surface area contributed by atoms with Crippen molar-refractivity contribution in [3.8, 4) is 0 Å². The number of aliphatic hydroxyl groups is 1. The molecule has 1 rings (SSSR count). The highest BCUT2D eigenvalue weighted by Gasteiger charge is 2.17. The molecule has 1 unspecified atom stereocenters. The molecular formula is C14H22O2. The summed E-state index contributed by atoms with van der Waals surface area (Å²) in [6.07, 6.45) is 12.0. The highest BCUT2D eigenvalue weighted by atomic mass is 16.3. The van der Waals surface area contributed by atoms with Crippen LogP contribution < -0.4 is 0 Å². The second-order valence-electron chi connectivity index (χ2n) is 4.77. The van der Waals surface area contributed by atoms with E-state index in [2.05, 4.69) is 12.2 Å². The number of ketones is 1. The Bertz CT molecular complexity index is 268. The first-order valence-corrected chi connectivity index (χ1v) is 6.13. The van der Waals surface area contributed by atoms with Crippen molar-refractivity contribution in [2.75, 3.05) is 0 Å². The number of hydrogen-bond donors (Lipinski definition) is 1. The van der Waals surface area contributed by atoms with Crippen LogP contribution >= 0.6 is 0 Å². The fourth-order valence-electron chi connectivity index (χ4n) is 2.12. The van der Waals surface area contributed by atoms with Gasteiger partial charge in [0.1, 0.15) is 0 Å². The number of aliphatic hydroxyl groups excluding tert-OH is 1. The SMILES string of the molecule is CC(=O)/C=C/C1CCC(/C=C/C(C)O)CC1. The number of rotatable bonds is 4. The molecule has 0 aromatic heterocycles. The highest BCUT2D eigenvalue weighted by molar-refractivity contribution is 5.87. The van der Waals surface area contributed by atoms with Gasteiger partial charge in [0.05, 0.1) is 6.10 Å². The van der Waals surface area contributed by atoms with Crippen molar-refractivity contribution < 1.29 is 9.90 Å². The molecule has 0 saturated heterocycles. The molecule has 1 N–H and O–H groups in total. The van der Waals surface area contributed by atoms with Gasteiger partial charge in [-0.05, 0) is 57.4 Å². The van der Waals surface area contributed by atoms with E-state index in [1.165, 1.54) is 0 Å². The fourth-order valence-corrected chi connectivity index (χ4v) is 2.12. The van der Waals surface area contributed by atoms with Gasteiger partial charge in [-0.2, -0.15) is 0 Å². The van der Waals surface area contributed by atoms with Crippen molar-refractivity contribution in [2.24, 2.45) is 11.8 Å². The molecular weight excluding hydrogens is 200 g/mol. The van der Waals surface area contributed by atoms with Crippen LogP contribution in [0.4, 0.5) is 0 Å². The van der Waals surface area contributed by atoms with Gasteiger partial charge in [0.15, 0.2) is 5.78 Å². The number of carbonyl (C=O) groups excluding carboxylic acids is 1. The first kappa shape index (κ1) is 13.2. The lowest BCUT2D eigenvalue weighted by molar-refractivity contribution is -0.112. The largest absolute Gasteiger partial charge is 0.389 e. The van der Waals surface area contributed by atoms with Gasteiger partial charge in [-0.25, -0.2) is 0 Å². The summed E-state index contributed by atoms with van der Waals surface area (Å²) in [4.78, 5) is 10.8. The van der Waals surface area contributed by atoms with Gasteiger partial charge in [0.25, 0.3) is 0 Å². The third kappa shape index (κ3) is 5.26. The van der Waals surface area contributed by atoms with E-state index in [1.807, 2.05) is 6.08 Å². The summed E-state index contributed by atoms with van der Waals surface area (Å²) in [7, 11) is 0. The van der Waals surface area contributed by atoms with Crippen LogP contribution in [0.2, 0.25) is 0 Å². The van der Waals surface area contributed by atoms with Crippen molar-refractivity contribution in [1.82, 2.24) is 0 Å². The van der Waals surface area contributed by atoms with Crippen LogP contribution in [-0.4, -0.2) is 17.0 Å². The van der Waals surface area contributed by atoms with Crippen LogP contribution in [0.15, 0.2) is 24.3 Å². The Hall–Kier alpha value is -0.890. The molecule has 1 saturated carbocycles. The predicted molar refractivity (Wildman–Crippen MR) is 66.1 cm³/mol. The number of allylic oxidation sites excluding steroid dienone is 3. The standard InChI is InChI=1S/C14H22O2/c1-11(15)3-5-13-7-9-14(10-8-13)6-4-12(2)16/h3-6,11,13-15H,7-10H2,1-2H3/b5-3+,6-4+. The molecule has 2 heteroatoms. The molecule has 0 amide bonds. The molecule has 0 heterocycles. The maximum absolute atomic E-state index is 10.8. The summed E-state index contributed by atoms with van der Waals surface area (Å²) in [5, 5.41) is 9.14. The summed E-state index contributed by atoms with van der Waals surface area (Å²) < 4.78 is 0. The van der Waals surface area contributed by atoms with E-state index in [4.69, 9.17) is 5.11 Å². The van der Waals surface area contributed by atoms with E-state index in [0.29, 0.717) is 11.8 Å². The van der Waals surface area contributed by atoms with E-state index < -0.39 is 0 Å². The van der Waals surface area contributed by atoms with Crippen molar-refractivity contribution in [1.29, 1.82) is 0 Å². The zero-order chi connectivity index (χ0) is 12.0. The number of carbonyl (C=O) groups is 1. The Labute approximate surface area is 98.1 Å². The predicted octanol–water partition coefficient (Wildman–Crippen LogP) is 2.88. The van der Waals surface area contributed by atoms with Crippen LogP contribution in [0.1, 0.15) is 39.5 Å². The third-order valence-electron chi connectivity index (χ3n) is 3.08. The molecule has 1 aliphatic rings. The average molecular weight is 222 g/mol. The minimum Gasteiger partial charge on any atom is -0.389 e. The normalized spacial score (nSPS) is 28.7. The highest BCUT2D eigenvalue weighted by Crippen LogP contribution is 2.30. The van der Waals surface area contributed by atoms with Crippen LogP contribution in [0.5, 0.6) is 0 Å². The van der Waals surface area contributed by atoms with Gasteiger partial charge in [0, 0.05) is 0 Å². The molecule has 0 radical (unpaired) electrons. The lowest BCUT2D eigenvalue weighted by Crippen LogP contribution is -2.12. The molecule has 0 bridgehead atoms. The zero-order valence-electron chi connectivity index (χ0n) is 10.2. The molecule has 0 aromatic rings. The van der Waals surface area contributed by atoms with Crippen LogP contribution in [0, 0.1) is 11.8 Å². The Kier molecular flexibility index (Phi) is 5.47. The fraction of sp³-hybridized carbons (Fsp3) is 0.643. The summed E-state index contributed by atoms with van der Waals surface area (Å²) in [5.74, 6) is 1.31. The Morgan fingerprint density at radius 2 is 1.69 bits per heavy atom. The van der Waals surface area contributed by atoms with Crippen molar-refractivity contribution in [2.45, 2.75) is 45.6 Å². The number of hydrogen-bond acceptors (Lipinski definition) is 2. The van der Waals surface area contributed by atoms with Crippen LogP contribution in [-0.2, 0) is 4.79 Å². The maximum Gasteiger partial charge on any atom is 0.152 e. The third-order valence-corrected chi connectivity index (χ3v) is 3.08. The lowest BCUT2D eigenvalue weighted by atomic mass is 9.81. The van der Waals surface area contributed by atoms with Gasteiger partial charge in [-0.3, -0.25) is 4.79 Å². The monoisotopic (exact) mass is 222 g/mol. The smallest absolute Gasteiger partial charge is 0.152 e. The molecule has 1 atom stereocenters.